The highest BCUT2D eigenvalue weighted by atomic mass is 19.3. The van der Waals surface area contributed by atoms with Crippen LogP contribution in [0.15, 0.2) is 24.3 Å². The van der Waals surface area contributed by atoms with Crippen molar-refractivity contribution in [2.45, 2.75) is 25.8 Å². The summed E-state index contributed by atoms with van der Waals surface area (Å²) in [7, 11) is 1.62. The Kier molecular flexibility index (Phi) is 5.19. The van der Waals surface area contributed by atoms with Gasteiger partial charge in [-0.05, 0) is 18.6 Å². The van der Waals surface area contributed by atoms with Crippen molar-refractivity contribution >= 4 is 5.69 Å². The van der Waals surface area contributed by atoms with Crippen LogP contribution in [-0.4, -0.2) is 19.8 Å². The molecule has 2 nitrogen and oxygen atoms in total. The van der Waals surface area contributed by atoms with Gasteiger partial charge in [0.1, 0.15) is 0 Å². The van der Waals surface area contributed by atoms with Gasteiger partial charge in [-0.15, -0.1) is 0 Å². The summed E-state index contributed by atoms with van der Waals surface area (Å²) in [6, 6.07) is 6.46. The van der Waals surface area contributed by atoms with E-state index in [2.05, 4.69) is 5.32 Å². The zero-order valence-electron chi connectivity index (χ0n) is 9.54. The van der Waals surface area contributed by atoms with Gasteiger partial charge < -0.3 is 10.1 Å². The fourth-order valence-corrected chi connectivity index (χ4v) is 1.46. The Bertz CT molecular complexity index is 318. The second-order valence-corrected chi connectivity index (χ2v) is 3.63. The highest BCUT2D eigenvalue weighted by Crippen LogP contribution is 2.22. The van der Waals surface area contributed by atoms with E-state index in [9.17, 15) is 8.78 Å². The van der Waals surface area contributed by atoms with Crippen molar-refractivity contribution < 1.29 is 13.5 Å². The number of alkyl halides is 2. The Morgan fingerprint density at radius 3 is 2.69 bits per heavy atom. The lowest BCUT2D eigenvalue weighted by atomic mass is 10.1. The molecule has 4 heteroatoms. The van der Waals surface area contributed by atoms with E-state index in [-0.39, 0.29) is 11.6 Å². The van der Waals surface area contributed by atoms with Crippen LogP contribution in [0.1, 0.15) is 25.3 Å². The predicted molar refractivity (Wildman–Crippen MR) is 61.0 cm³/mol. The Labute approximate surface area is 94.6 Å². The maximum Gasteiger partial charge on any atom is 0.263 e. The molecular weight excluding hydrogens is 212 g/mol. The molecule has 1 atom stereocenters. The molecule has 0 radical (unpaired) electrons. The highest BCUT2D eigenvalue weighted by Gasteiger charge is 2.09. The molecule has 0 saturated heterocycles. The molecule has 1 aromatic rings. The van der Waals surface area contributed by atoms with Crippen molar-refractivity contribution in [1.82, 2.24) is 0 Å². The van der Waals surface area contributed by atoms with Crippen LogP contribution in [0.3, 0.4) is 0 Å². The summed E-state index contributed by atoms with van der Waals surface area (Å²) in [5.41, 5.74) is 0.749. The molecule has 0 heterocycles. The van der Waals surface area contributed by atoms with Crippen LogP contribution >= 0.6 is 0 Å². The lowest BCUT2D eigenvalue weighted by Crippen LogP contribution is -2.23. The zero-order valence-corrected chi connectivity index (χ0v) is 9.54. The maximum absolute atomic E-state index is 12.5. The summed E-state index contributed by atoms with van der Waals surface area (Å²) in [5.74, 6) is 0. The summed E-state index contributed by atoms with van der Waals surface area (Å²) in [5, 5.41) is 3.17. The molecule has 0 aliphatic carbocycles. The summed E-state index contributed by atoms with van der Waals surface area (Å²) in [6.45, 7) is 2.59. The number of anilines is 1. The standard InChI is InChI=1S/C12H17F2NO/c1-3-10(8-16-2)15-11-6-4-5-9(7-11)12(13)14/h4-7,10,12,15H,3,8H2,1-2H3. The molecule has 0 bridgehead atoms. The van der Waals surface area contributed by atoms with Crippen molar-refractivity contribution in [2.24, 2.45) is 0 Å². The van der Waals surface area contributed by atoms with Gasteiger partial charge in [-0.2, -0.15) is 0 Å². The quantitative estimate of drug-likeness (QED) is 0.806. The van der Waals surface area contributed by atoms with Gasteiger partial charge in [0.2, 0.25) is 0 Å². The van der Waals surface area contributed by atoms with Gasteiger partial charge in [0.05, 0.1) is 6.61 Å². The third-order valence-electron chi connectivity index (χ3n) is 2.37. The Morgan fingerprint density at radius 1 is 1.38 bits per heavy atom. The highest BCUT2D eigenvalue weighted by molar-refractivity contribution is 5.46. The van der Waals surface area contributed by atoms with Crippen LogP contribution in [0, 0.1) is 0 Å². The van der Waals surface area contributed by atoms with E-state index in [1.54, 1.807) is 19.2 Å². The minimum atomic E-state index is -2.43. The van der Waals surface area contributed by atoms with Gasteiger partial charge in [0.15, 0.2) is 0 Å². The number of hydrogen-bond acceptors (Lipinski definition) is 2. The average Bonchev–Trinajstić information content (AvgIpc) is 2.29. The van der Waals surface area contributed by atoms with Gasteiger partial charge >= 0.3 is 0 Å². The summed E-state index contributed by atoms with van der Waals surface area (Å²) < 4.78 is 30.0. The molecule has 0 aromatic heterocycles. The average molecular weight is 229 g/mol. The second kappa shape index (κ2) is 6.43. The maximum atomic E-state index is 12.5. The minimum Gasteiger partial charge on any atom is -0.383 e. The molecule has 1 unspecified atom stereocenters. The van der Waals surface area contributed by atoms with Gasteiger partial charge in [0, 0.05) is 24.4 Å². The molecule has 16 heavy (non-hydrogen) atoms. The van der Waals surface area contributed by atoms with Crippen LogP contribution in [0.25, 0.3) is 0 Å². The summed E-state index contributed by atoms with van der Waals surface area (Å²) in [6.07, 6.45) is -1.54. The molecule has 0 amide bonds. The third kappa shape index (κ3) is 3.77. The van der Waals surface area contributed by atoms with Crippen LogP contribution in [0.5, 0.6) is 0 Å². The van der Waals surface area contributed by atoms with Crippen LogP contribution < -0.4 is 5.32 Å². The first-order chi connectivity index (χ1) is 7.67. The number of halogens is 2. The smallest absolute Gasteiger partial charge is 0.263 e. The largest absolute Gasteiger partial charge is 0.383 e. The molecule has 90 valence electrons. The monoisotopic (exact) mass is 229 g/mol. The molecule has 0 fully saturated rings. The molecule has 1 rings (SSSR count). The van der Waals surface area contributed by atoms with Crippen LogP contribution in [0.2, 0.25) is 0 Å². The van der Waals surface area contributed by atoms with E-state index >= 15 is 0 Å². The lowest BCUT2D eigenvalue weighted by molar-refractivity contribution is 0.151. The lowest BCUT2D eigenvalue weighted by Gasteiger charge is -2.17. The minimum absolute atomic E-state index is 0.0391. The van der Waals surface area contributed by atoms with Gasteiger partial charge in [0.25, 0.3) is 6.43 Å². The SMILES string of the molecule is CCC(COC)Nc1cccc(C(F)F)c1. The molecular formula is C12H17F2NO. The van der Waals surface area contributed by atoms with Crippen molar-refractivity contribution in [3.63, 3.8) is 0 Å². The fourth-order valence-electron chi connectivity index (χ4n) is 1.46. The normalized spacial score (nSPS) is 12.8. The van der Waals surface area contributed by atoms with E-state index in [0.717, 1.165) is 6.42 Å². The van der Waals surface area contributed by atoms with Crippen molar-refractivity contribution in [2.75, 3.05) is 19.0 Å². The third-order valence-corrected chi connectivity index (χ3v) is 2.37. The van der Waals surface area contributed by atoms with Gasteiger partial charge in [-0.3, -0.25) is 0 Å². The van der Waals surface area contributed by atoms with Crippen molar-refractivity contribution in [3.8, 4) is 0 Å². The van der Waals surface area contributed by atoms with Crippen molar-refractivity contribution in [3.05, 3.63) is 29.8 Å². The number of nitrogens with one attached hydrogen (secondary N) is 1. The Morgan fingerprint density at radius 2 is 2.12 bits per heavy atom. The molecule has 1 N–H and O–H groups in total. The van der Waals surface area contributed by atoms with E-state index in [0.29, 0.717) is 12.3 Å². The summed E-state index contributed by atoms with van der Waals surface area (Å²) in [4.78, 5) is 0. The van der Waals surface area contributed by atoms with E-state index in [4.69, 9.17) is 4.74 Å². The Hall–Kier alpha value is -1.16. The molecule has 0 spiro atoms. The number of hydrogen-bond donors (Lipinski definition) is 1. The van der Waals surface area contributed by atoms with E-state index in [1.165, 1.54) is 12.1 Å². The molecule has 0 aliphatic heterocycles. The summed E-state index contributed by atoms with van der Waals surface area (Å²) >= 11 is 0. The molecule has 0 aliphatic rings. The Balaban J connectivity index is 2.68. The van der Waals surface area contributed by atoms with Gasteiger partial charge in [-0.1, -0.05) is 19.1 Å². The number of rotatable bonds is 6. The molecule has 1 aromatic carbocycles. The number of ether oxygens (including phenoxy) is 1. The van der Waals surface area contributed by atoms with Gasteiger partial charge in [-0.25, -0.2) is 8.78 Å². The first-order valence-electron chi connectivity index (χ1n) is 5.31. The zero-order chi connectivity index (χ0) is 12.0. The van der Waals surface area contributed by atoms with Crippen LogP contribution in [0.4, 0.5) is 14.5 Å². The van der Waals surface area contributed by atoms with Crippen molar-refractivity contribution in [1.29, 1.82) is 0 Å². The van der Waals surface area contributed by atoms with Crippen LogP contribution in [-0.2, 0) is 4.74 Å². The predicted octanol–water partition coefficient (Wildman–Crippen LogP) is 3.46. The second-order valence-electron chi connectivity index (χ2n) is 3.63. The number of methoxy groups -OCH3 is 1. The fraction of sp³-hybridized carbons (Fsp3) is 0.500. The first kappa shape index (κ1) is 12.9. The molecule has 0 saturated carbocycles. The number of benzene rings is 1. The van der Waals surface area contributed by atoms with E-state index in [1.807, 2.05) is 6.92 Å². The topological polar surface area (TPSA) is 21.3 Å². The van der Waals surface area contributed by atoms with E-state index < -0.39 is 6.43 Å². The first-order valence-corrected chi connectivity index (χ1v) is 5.31.